The largest absolute Gasteiger partial charge is 0.467 e. The molecule has 1 saturated heterocycles. The van der Waals surface area contributed by atoms with Crippen molar-refractivity contribution < 1.29 is 23.9 Å². The zero-order chi connectivity index (χ0) is 18.6. The van der Waals surface area contributed by atoms with E-state index in [0.29, 0.717) is 19.3 Å². The van der Waals surface area contributed by atoms with Gasteiger partial charge in [0.15, 0.2) is 0 Å². The molecule has 7 nitrogen and oxygen atoms in total. The van der Waals surface area contributed by atoms with Crippen LogP contribution in [0.3, 0.4) is 0 Å². The lowest BCUT2D eigenvalue weighted by Gasteiger charge is -2.42. The molecule has 7 heteroatoms. The van der Waals surface area contributed by atoms with Crippen LogP contribution >= 0.6 is 0 Å². The van der Waals surface area contributed by atoms with Crippen LogP contribution in [-0.2, 0) is 19.1 Å². The molecule has 0 spiro atoms. The molecule has 2 amide bonds. The molecule has 2 rings (SSSR count). The maximum atomic E-state index is 13.1. The van der Waals surface area contributed by atoms with E-state index < -0.39 is 29.7 Å². The molecule has 0 aromatic rings. The normalized spacial score (nSPS) is 27.0. The summed E-state index contributed by atoms with van der Waals surface area (Å²) in [5.41, 5.74) is -0.646. The molecule has 0 bridgehead atoms. The second-order valence-corrected chi connectivity index (χ2v) is 7.51. The van der Waals surface area contributed by atoms with Crippen molar-refractivity contribution in [3.8, 4) is 0 Å². The molecular formula is C18H28N2O5. The van der Waals surface area contributed by atoms with Gasteiger partial charge in [-0.3, -0.25) is 4.79 Å². The summed E-state index contributed by atoms with van der Waals surface area (Å²) in [5, 5.41) is 2.65. The van der Waals surface area contributed by atoms with Crippen LogP contribution in [0.15, 0.2) is 12.2 Å². The van der Waals surface area contributed by atoms with Gasteiger partial charge in [-0.1, -0.05) is 12.2 Å². The van der Waals surface area contributed by atoms with E-state index in [1.54, 1.807) is 25.7 Å². The Labute approximate surface area is 148 Å². The molecule has 140 valence electrons. The number of esters is 1. The summed E-state index contributed by atoms with van der Waals surface area (Å²) in [7, 11) is 1.33. The lowest BCUT2D eigenvalue weighted by molar-refractivity contribution is -0.158. The summed E-state index contributed by atoms with van der Waals surface area (Å²) in [6, 6.07) is -1.39. The third-order valence-electron chi connectivity index (χ3n) is 4.41. The van der Waals surface area contributed by atoms with Gasteiger partial charge in [0.05, 0.1) is 7.11 Å². The summed E-state index contributed by atoms with van der Waals surface area (Å²) >= 11 is 0. The zero-order valence-electron chi connectivity index (χ0n) is 15.4. The zero-order valence-corrected chi connectivity index (χ0v) is 15.4. The van der Waals surface area contributed by atoms with Crippen molar-refractivity contribution in [3.63, 3.8) is 0 Å². The number of nitrogens with one attached hydrogen (secondary N) is 1. The molecule has 0 aliphatic carbocycles. The molecule has 2 heterocycles. The Morgan fingerprint density at radius 1 is 1.20 bits per heavy atom. The van der Waals surface area contributed by atoms with Gasteiger partial charge in [-0.15, -0.1) is 0 Å². The average molecular weight is 352 g/mol. The van der Waals surface area contributed by atoms with Crippen molar-refractivity contribution in [2.75, 3.05) is 7.11 Å². The number of alkyl carbamates (subject to hydrolysis) is 1. The highest BCUT2D eigenvalue weighted by Gasteiger charge is 2.41. The van der Waals surface area contributed by atoms with E-state index in [4.69, 9.17) is 9.47 Å². The Bertz CT molecular complexity index is 552. The lowest BCUT2D eigenvalue weighted by atomic mass is 9.90. The standard InChI is InChI=1S/C18H28N2O5/c1-18(2,3)25-17(23)19-13-10-6-5-8-12-9-7-11-14(16(22)24-4)20(12)15(13)21/h5-6,12-14H,7-11H2,1-4H3,(H,19,23). The van der Waals surface area contributed by atoms with Crippen LogP contribution < -0.4 is 5.32 Å². The van der Waals surface area contributed by atoms with E-state index in [-0.39, 0.29) is 11.9 Å². The van der Waals surface area contributed by atoms with Gasteiger partial charge in [0, 0.05) is 6.04 Å². The van der Waals surface area contributed by atoms with E-state index in [1.165, 1.54) is 7.11 Å². The Kier molecular flexibility index (Phi) is 6.08. The van der Waals surface area contributed by atoms with Gasteiger partial charge in [0.2, 0.25) is 5.91 Å². The minimum Gasteiger partial charge on any atom is -0.467 e. The second kappa shape index (κ2) is 7.89. The molecule has 0 saturated carbocycles. The second-order valence-electron chi connectivity index (χ2n) is 7.51. The summed E-state index contributed by atoms with van der Waals surface area (Å²) in [6.07, 6.45) is 6.63. The molecule has 25 heavy (non-hydrogen) atoms. The van der Waals surface area contributed by atoms with Gasteiger partial charge in [-0.25, -0.2) is 9.59 Å². The predicted molar refractivity (Wildman–Crippen MR) is 91.8 cm³/mol. The molecule has 0 aromatic heterocycles. The number of hydrogen-bond acceptors (Lipinski definition) is 5. The first-order valence-electron chi connectivity index (χ1n) is 8.77. The molecule has 2 aliphatic rings. The van der Waals surface area contributed by atoms with Gasteiger partial charge in [-0.2, -0.15) is 0 Å². The van der Waals surface area contributed by atoms with E-state index >= 15 is 0 Å². The average Bonchev–Trinajstić information content (AvgIpc) is 2.52. The van der Waals surface area contributed by atoms with Gasteiger partial charge in [0.25, 0.3) is 0 Å². The fraction of sp³-hybridized carbons (Fsp3) is 0.722. The third kappa shape index (κ3) is 4.96. The Balaban J connectivity index is 2.20. The molecular weight excluding hydrogens is 324 g/mol. The Morgan fingerprint density at radius 2 is 1.88 bits per heavy atom. The minimum atomic E-state index is -0.751. The third-order valence-corrected chi connectivity index (χ3v) is 4.41. The van der Waals surface area contributed by atoms with Crippen LogP contribution in [0.2, 0.25) is 0 Å². The molecule has 0 aromatic carbocycles. The quantitative estimate of drug-likeness (QED) is 0.608. The van der Waals surface area contributed by atoms with E-state index in [0.717, 1.165) is 12.8 Å². The number of fused-ring (bicyclic) bond motifs is 1. The topological polar surface area (TPSA) is 84.9 Å². The van der Waals surface area contributed by atoms with Crippen molar-refractivity contribution in [1.29, 1.82) is 0 Å². The number of carbonyl (C=O) groups is 3. The number of piperidine rings is 1. The van der Waals surface area contributed by atoms with Crippen molar-refractivity contribution in [2.24, 2.45) is 0 Å². The molecule has 1 N–H and O–H groups in total. The van der Waals surface area contributed by atoms with E-state index in [2.05, 4.69) is 5.32 Å². The fourth-order valence-electron chi connectivity index (χ4n) is 3.35. The van der Waals surface area contributed by atoms with Crippen LogP contribution in [0.1, 0.15) is 52.9 Å². The molecule has 2 aliphatic heterocycles. The number of rotatable bonds is 2. The van der Waals surface area contributed by atoms with Gasteiger partial charge in [0.1, 0.15) is 17.7 Å². The van der Waals surface area contributed by atoms with Crippen LogP contribution in [0, 0.1) is 0 Å². The van der Waals surface area contributed by atoms with Crippen LogP contribution in [-0.4, -0.2) is 53.7 Å². The first-order valence-corrected chi connectivity index (χ1v) is 8.77. The number of methoxy groups -OCH3 is 1. The summed E-state index contributed by atoms with van der Waals surface area (Å²) in [6.45, 7) is 5.29. The van der Waals surface area contributed by atoms with Crippen molar-refractivity contribution in [3.05, 3.63) is 12.2 Å². The number of nitrogens with zero attached hydrogens (tertiary/aromatic N) is 1. The molecule has 3 atom stereocenters. The van der Waals surface area contributed by atoms with Gasteiger partial charge >= 0.3 is 12.1 Å². The van der Waals surface area contributed by atoms with Gasteiger partial charge in [-0.05, 0) is 52.9 Å². The van der Waals surface area contributed by atoms with Crippen LogP contribution in [0.4, 0.5) is 4.79 Å². The predicted octanol–water partition coefficient (Wildman–Crippen LogP) is 2.15. The highest BCUT2D eigenvalue weighted by atomic mass is 16.6. The summed E-state index contributed by atoms with van der Waals surface area (Å²) in [4.78, 5) is 38.9. The first-order chi connectivity index (χ1) is 11.7. The minimum absolute atomic E-state index is 0.0511. The monoisotopic (exact) mass is 352 g/mol. The maximum absolute atomic E-state index is 13.1. The van der Waals surface area contributed by atoms with Crippen LogP contribution in [0.5, 0.6) is 0 Å². The van der Waals surface area contributed by atoms with Crippen LogP contribution in [0.25, 0.3) is 0 Å². The van der Waals surface area contributed by atoms with E-state index in [1.807, 2.05) is 12.2 Å². The summed E-state index contributed by atoms with van der Waals surface area (Å²) < 4.78 is 10.1. The SMILES string of the molecule is COC(=O)C1CCCC2CC=CCC(NC(=O)OC(C)(C)C)C(=O)N21. The van der Waals surface area contributed by atoms with E-state index in [9.17, 15) is 14.4 Å². The Morgan fingerprint density at radius 3 is 2.52 bits per heavy atom. The van der Waals surface area contributed by atoms with Crippen molar-refractivity contribution in [2.45, 2.75) is 76.6 Å². The lowest BCUT2D eigenvalue weighted by Crippen LogP contribution is -2.59. The number of hydrogen-bond donors (Lipinski definition) is 1. The Hall–Kier alpha value is -2.05. The van der Waals surface area contributed by atoms with Gasteiger partial charge < -0.3 is 19.7 Å². The highest BCUT2D eigenvalue weighted by molar-refractivity contribution is 5.90. The van der Waals surface area contributed by atoms with Crippen molar-refractivity contribution >= 4 is 18.0 Å². The maximum Gasteiger partial charge on any atom is 0.408 e. The first kappa shape index (κ1) is 19.3. The highest BCUT2D eigenvalue weighted by Crippen LogP contribution is 2.28. The molecule has 3 unspecified atom stereocenters. The fourth-order valence-corrected chi connectivity index (χ4v) is 3.35. The number of amides is 2. The number of ether oxygens (including phenoxy) is 2. The molecule has 0 radical (unpaired) electrons. The number of carbonyl (C=O) groups excluding carboxylic acids is 3. The summed E-state index contributed by atoms with van der Waals surface area (Å²) in [5.74, 6) is -0.658. The smallest absolute Gasteiger partial charge is 0.408 e. The van der Waals surface area contributed by atoms with Crippen molar-refractivity contribution in [1.82, 2.24) is 10.2 Å². The molecule has 1 fully saturated rings.